The van der Waals surface area contributed by atoms with Crippen molar-refractivity contribution in [3.8, 4) is 0 Å². The third kappa shape index (κ3) is 5.35. The molecule has 0 saturated heterocycles. The highest BCUT2D eigenvalue weighted by atomic mass is 32.2. The monoisotopic (exact) mass is 362 g/mol. The first-order valence-corrected chi connectivity index (χ1v) is 8.14. The van der Waals surface area contributed by atoms with Crippen LogP contribution in [0.4, 0.5) is 22.0 Å². The Labute approximate surface area is 148 Å². The number of carbonyl (C=O) groups excluding carboxylic acids is 1. The standard InChI is InChI=1S/C16H18N4O4S/c1-16(2,3)24-15(21)19-10-4-6-11(7-5-10)25-12-8-9-18-14(17)13(12)20(22)23/h4-9H,1-3H3,(H2,17,18)(H,19,21). The summed E-state index contributed by atoms with van der Waals surface area (Å²) >= 11 is 1.19. The fraction of sp³-hybridized carbons (Fsp3) is 0.250. The molecule has 0 unspecified atom stereocenters. The van der Waals surface area contributed by atoms with Crippen molar-refractivity contribution >= 4 is 35.0 Å². The first kappa shape index (κ1) is 18.5. The topological polar surface area (TPSA) is 120 Å². The van der Waals surface area contributed by atoms with Crippen molar-refractivity contribution in [1.82, 2.24) is 4.98 Å². The second kappa shape index (κ2) is 7.39. The van der Waals surface area contributed by atoms with Gasteiger partial charge in [-0.1, -0.05) is 11.8 Å². The number of hydrogen-bond donors (Lipinski definition) is 2. The lowest BCUT2D eigenvalue weighted by atomic mass is 10.2. The number of nitrogens with one attached hydrogen (secondary N) is 1. The smallest absolute Gasteiger partial charge is 0.412 e. The Bertz CT molecular complexity index is 788. The summed E-state index contributed by atoms with van der Waals surface area (Å²) in [5.41, 5.74) is 5.33. The van der Waals surface area contributed by atoms with Crippen molar-refractivity contribution < 1.29 is 14.5 Å². The van der Waals surface area contributed by atoms with Gasteiger partial charge in [-0.2, -0.15) is 0 Å². The normalized spacial score (nSPS) is 11.0. The van der Waals surface area contributed by atoms with E-state index in [2.05, 4.69) is 10.3 Å². The molecule has 132 valence electrons. The molecule has 1 aromatic heterocycles. The third-order valence-electron chi connectivity index (χ3n) is 2.83. The van der Waals surface area contributed by atoms with Gasteiger partial charge in [-0.15, -0.1) is 0 Å². The minimum Gasteiger partial charge on any atom is -0.444 e. The Hall–Kier alpha value is -2.81. The van der Waals surface area contributed by atoms with Crippen molar-refractivity contribution in [2.24, 2.45) is 0 Å². The van der Waals surface area contributed by atoms with Gasteiger partial charge in [-0.25, -0.2) is 9.78 Å². The van der Waals surface area contributed by atoms with Crippen molar-refractivity contribution in [1.29, 1.82) is 0 Å². The number of anilines is 2. The number of amides is 1. The zero-order chi connectivity index (χ0) is 18.6. The molecule has 2 rings (SSSR count). The maximum Gasteiger partial charge on any atom is 0.412 e. The molecule has 0 spiro atoms. The molecular formula is C16H18N4O4S. The molecule has 2 aromatic rings. The molecule has 0 aliphatic carbocycles. The van der Waals surface area contributed by atoms with Gasteiger partial charge in [0.1, 0.15) is 5.60 Å². The minimum absolute atomic E-state index is 0.127. The molecule has 8 nitrogen and oxygen atoms in total. The highest BCUT2D eigenvalue weighted by Gasteiger charge is 2.20. The zero-order valence-electron chi connectivity index (χ0n) is 14.0. The van der Waals surface area contributed by atoms with Crippen LogP contribution in [0.5, 0.6) is 0 Å². The summed E-state index contributed by atoms with van der Waals surface area (Å²) < 4.78 is 5.17. The van der Waals surface area contributed by atoms with Crippen molar-refractivity contribution in [3.05, 3.63) is 46.6 Å². The number of pyridine rings is 1. The average Bonchev–Trinajstić information content (AvgIpc) is 2.47. The van der Waals surface area contributed by atoms with Gasteiger partial charge in [0, 0.05) is 16.8 Å². The quantitative estimate of drug-likeness (QED) is 0.621. The number of hydrogen-bond acceptors (Lipinski definition) is 7. The Kier molecular flexibility index (Phi) is 5.48. The third-order valence-corrected chi connectivity index (χ3v) is 3.88. The van der Waals surface area contributed by atoms with Crippen LogP contribution in [0.2, 0.25) is 0 Å². The van der Waals surface area contributed by atoms with Crippen molar-refractivity contribution in [3.63, 3.8) is 0 Å². The number of benzene rings is 1. The van der Waals surface area contributed by atoms with E-state index >= 15 is 0 Å². The van der Waals surface area contributed by atoms with Crippen LogP contribution in [0.1, 0.15) is 20.8 Å². The van der Waals surface area contributed by atoms with Gasteiger partial charge in [-0.05, 0) is 51.1 Å². The van der Waals surface area contributed by atoms with Crippen LogP contribution in [-0.2, 0) is 4.74 Å². The summed E-state index contributed by atoms with van der Waals surface area (Å²) in [6, 6.07) is 8.37. The zero-order valence-corrected chi connectivity index (χ0v) is 14.8. The maximum atomic E-state index is 11.7. The second-order valence-corrected chi connectivity index (χ2v) is 7.17. The number of nitro groups is 1. The Balaban J connectivity index is 2.10. The van der Waals surface area contributed by atoms with E-state index in [1.807, 2.05) is 0 Å². The number of carbonyl (C=O) groups is 1. The number of nitrogens with zero attached hydrogens (tertiary/aromatic N) is 2. The summed E-state index contributed by atoms with van der Waals surface area (Å²) in [5, 5.41) is 13.8. The van der Waals surface area contributed by atoms with E-state index < -0.39 is 16.6 Å². The van der Waals surface area contributed by atoms with Crippen LogP contribution in [0, 0.1) is 10.1 Å². The molecule has 25 heavy (non-hydrogen) atoms. The predicted molar refractivity (Wildman–Crippen MR) is 95.7 cm³/mol. The SMILES string of the molecule is CC(C)(C)OC(=O)Nc1ccc(Sc2ccnc(N)c2[N+](=O)[O-])cc1. The Morgan fingerprint density at radius 2 is 1.92 bits per heavy atom. The highest BCUT2D eigenvalue weighted by molar-refractivity contribution is 7.99. The largest absolute Gasteiger partial charge is 0.444 e. The summed E-state index contributed by atoms with van der Waals surface area (Å²) in [7, 11) is 0. The van der Waals surface area contributed by atoms with Crippen LogP contribution >= 0.6 is 11.8 Å². The maximum absolute atomic E-state index is 11.7. The van der Waals surface area contributed by atoms with Gasteiger partial charge in [0.25, 0.3) is 0 Å². The lowest BCUT2D eigenvalue weighted by Gasteiger charge is -2.19. The molecule has 0 radical (unpaired) electrons. The first-order chi connectivity index (χ1) is 11.7. The molecule has 1 aromatic carbocycles. The molecule has 0 bridgehead atoms. The number of rotatable bonds is 4. The Morgan fingerprint density at radius 3 is 2.48 bits per heavy atom. The van der Waals surface area contributed by atoms with Crippen molar-refractivity contribution in [2.75, 3.05) is 11.1 Å². The lowest BCUT2D eigenvalue weighted by molar-refractivity contribution is -0.387. The fourth-order valence-corrected chi connectivity index (χ4v) is 2.80. The minimum atomic E-state index is -0.583. The number of ether oxygens (including phenoxy) is 1. The molecule has 0 atom stereocenters. The summed E-state index contributed by atoms with van der Waals surface area (Å²) in [5.74, 6) is -0.127. The van der Waals surface area contributed by atoms with Crippen LogP contribution in [0.25, 0.3) is 0 Å². The van der Waals surface area contributed by atoms with Gasteiger partial charge in [0.15, 0.2) is 0 Å². The van der Waals surface area contributed by atoms with E-state index in [9.17, 15) is 14.9 Å². The highest BCUT2D eigenvalue weighted by Crippen LogP contribution is 2.37. The molecule has 3 N–H and O–H groups in total. The molecule has 1 amide bonds. The van der Waals surface area contributed by atoms with E-state index in [0.29, 0.717) is 10.6 Å². The Morgan fingerprint density at radius 1 is 1.28 bits per heavy atom. The number of nitrogen functional groups attached to an aromatic ring is 1. The van der Waals surface area contributed by atoms with E-state index in [-0.39, 0.29) is 11.5 Å². The molecular weight excluding hydrogens is 344 g/mol. The molecule has 0 fully saturated rings. The summed E-state index contributed by atoms with van der Waals surface area (Å²) in [6.45, 7) is 5.33. The molecule has 0 saturated carbocycles. The predicted octanol–water partition coefficient (Wildman–Crippen LogP) is 4.07. The molecule has 0 aliphatic rings. The second-order valence-electron chi connectivity index (χ2n) is 6.05. The number of nitrogens with two attached hydrogens (primary N) is 1. The van der Waals surface area contributed by atoms with Gasteiger partial charge >= 0.3 is 11.8 Å². The van der Waals surface area contributed by atoms with Crippen LogP contribution < -0.4 is 11.1 Å². The number of aromatic nitrogens is 1. The lowest BCUT2D eigenvalue weighted by Crippen LogP contribution is -2.27. The van der Waals surface area contributed by atoms with E-state index in [4.69, 9.17) is 10.5 Å². The van der Waals surface area contributed by atoms with E-state index in [1.54, 1.807) is 45.0 Å². The van der Waals surface area contributed by atoms with Crippen molar-refractivity contribution in [2.45, 2.75) is 36.2 Å². The molecule has 1 heterocycles. The molecule has 9 heteroatoms. The van der Waals surface area contributed by atoms with E-state index in [0.717, 1.165) is 4.90 Å². The van der Waals surface area contributed by atoms with E-state index in [1.165, 1.54) is 24.0 Å². The summed E-state index contributed by atoms with van der Waals surface area (Å²) in [6.07, 6.45) is 0.869. The summed E-state index contributed by atoms with van der Waals surface area (Å²) in [4.78, 5) is 27.2. The van der Waals surface area contributed by atoms with Gasteiger partial charge in [0.2, 0.25) is 5.82 Å². The van der Waals surface area contributed by atoms with Gasteiger partial charge in [0.05, 0.1) is 9.82 Å². The van der Waals surface area contributed by atoms with Gasteiger partial charge in [-0.3, -0.25) is 15.4 Å². The molecule has 0 aliphatic heterocycles. The van der Waals surface area contributed by atoms with Crippen LogP contribution in [0.15, 0.2) is 46.3 Å². The van der Waals surface area contributed by atoms with Crippen LogP contribution in [0.3, 0.4) is 0 Å². The van der Waals surface area contributed by atoms with Crippen LogP contribution in [-0.4, -0.2) is 21.6 Å². The van der Waals surface area contributed by atoms with Gasteiger partial charge < -0.3 is 10.5 Å². The average molecular weight is 362 g/mol. The fourth-order valence-electron chi connectivity index (χ4n) is 1.87. The first-order valence-electron chi connectivity index (χ1n) is 7.32.